The molecule has 0 radical (unpaired) electrons. The van der Waals surface area contributed by atoms with Gasteiger partial charge >= 0.3 is 0 Å². The third-order valence-electron chi connectivity index (χ3n) is 6.01. The van der Waals surface area contributed by atoms with E-state index < -0.39 is 0 Å². The zero-order valence-corrected chi connectivity index (χ0v) is 12.6. The summed E-state index contributed by atoms with van der Waals surface area (Å²) in [6, 6.07) is 11.2. The van der Waals surface area contributed by atoms with Crippen molar-refractivity contribution in [3.63, 3.8) is 0 Å². The Bertz CT molecular complexity index is 544. The summed E-state index contributed by atoms with van der Waals surface area (Å²) in [5.41, 5.74) is 2.21. The SMILES string of the molecule is CC(C)C1=C[C@@]2(c3ccccc3)[C@@H]3CCCC[C@@]32CO1. The van der Waals surface area contributed by atoms with Crippen molar-refractivity contribution in [3.05, 3.63) is 47.7 Å². The molecule has 3 atom stereocenters. The Morgan fingerprint density at radius 3 is 2.70 bits per heavy atom. The van der Waals surface area contributed by atoms with Crippen LogP contribution in [0, 0.1) is 17.3 Å². The van der Waals surface area contributed by atoms with Gasteiger partial charge < -0.3 is 4.74 Å². The zero-order valence-electron chi connectivity index (χ0n) is 12.6. The van der Waals surface area contributed by atoms with E-state index in [4.69, 9.17) is 4.74 Å². The molecule has 1 heteroatoms. The predicted molar refractivity (Wildman–Crippen MR) is 81.4 cm³/mol. The van der Waals surface area contributed by atoms with E-state index in [1.807, 2.05) is 0 Å². The van der Waals surface area contributed by atoms with Crippen molar-refractivity contribution < 1.29 is 4.74 Å². The summed E-state index contributed by atoms with van der Waals surface area (Å²) in [6.45, 7) is 5.43. The monoisotopic (exact) mass is 268 g/mol. The number of benzene rings is 1. The lowest BCUT2D eigenvalue weighted by Crippen LogP contribution is -2.28. The highest BCUT2D eigenvalue weighted by Crippen LogP contribution is 2.77. The van der Waals surface area contributed by atoms with Crippen LogP contribution in [-0.2, 0) is 10.2 Å². The fraction of sp³-hybridized carbons (Fsp3) is 0.579. The van der Waals surface area contributed by atoms with Crippen LogP contribution in [0.3, 0.4) is 0 Å². The molecular weight excluding hydrogens is 244 g/mol. The Hall–Kier alpha value is -1.24. The van der Waals surface area contributed by atoms with Crippen LogP contribution in [0.1, 0.15) is 45.1 Å². The first kappa shape index (κ1) is 12.5. The van der Waals surface area contributed by atoms with Crippen LogP contribution in [0.4, 0.5) is 0 Å². The first-order valence-electron chi connectivity index (χ1n) is 8.12. The van der Waals surface area contributed by atoms with Gasteiger partial charge in [-0.15, -0.1) is 0 Å². The standard InChI is InChI=1S/C19H24O/c1-14(2)16-12-19(15-8-4-3-5-9-15)17-10-6-7-11-18(17,19)13-20-16/h3-5,8-9,12,14,17H,6-7,10-11,13H2,1-2H3/t17-,18-,19-/m1/s1. The lowest BCUT2D eigenvalue weighted by molar-refractivity contribution is 0.0903. The second-order valence-corrected chi connectivity index (χ2v) is 7.18. The van der Waals surface area contributed by atoms with Crippen molar-refractivity contribution in [1.29, 1.82) is 0 Å². The number of rotatable bonds is 2. The molecule has 4 rings (SSSR count). The van der Waals surface area contributed by atoms with Gasteiger partial charge in [-0.25, -0.2) is 0 Å². The maximum Gasteiger partial charge on any atom is 0.0954 e. The fourth-order valence-electron chi connectivity index (χ4n) is 5.02. The molecule has 0 unspecified atom stereocenters. The van der Waals surface area contributed by atoms with E-state index in [0.717, 1.165) is 12.5 Å². The zero-order chi connectivity index (χ0) is 13.8. The summed E-state index contributed by atoms with van der Waals surface area (Å²) in [4.78, 5) is 0. The molecule has 20 heavy (non-hydrogen) atoms. The van der Waals surface area contributed by atoms with Crippen molar-refractivity contribution in [3.8, 4) is 0 Å². The van der Waals surface area contributed by atoms with Crippen molar-refractivity contribution >= 4 is 0 Å². The summed E-state index contributed by atoms with van der Waals surface area (Å²) >= 11 is 0. The molecule has 0 aromatic heterocycles. The molecule has 1 aromatic rings. The topological polar surface area (TPSA) is 9.23 Å². The molecule has 0 N–H and O–H groups in total. The highest BCUT2D eigenvalue weighted by molar-refractivity contribution is 5.50. The summed E-state index contributed by atoms with van der Waals surface area (Å²) in [6.07, 6.45) is 7.99. The molecule has 0 bridgehead atoms. The van der Waals surface area contributed by atoms with E-state index >= 15 is 0 Å². The molecule has 3 aliphatic rings. The molecular formula is C19H24O. The Labute approximate surface area is 122 Å². The molecule has 1 aromatic carbocycles. The first-order valence-corrected chi connectivity index (χ1v) is 8.12. The normalized spacial score (nSPS) is 38.5. The van der Waals surface area contributed by atoms with E-state index in [-0.39, 0.29) is 5.41 Å². The van der Waals surface area contributed by atoms with Crippen molar-refractivity contribution in [1.82, 2.24) is 0 Å². The minimum Gasteiger partial charge on any atom is -0.497 e. The molecule has 1 nitrogen and oxygen atoms in total. The fourth-order valence-corrected chi connectivity index (χ4v) is 5.02. The predicted octanol–water partition coefficient (Wildman–Crippen LogP) is 4.68. The van der Waals surface area contributed by atoms with Crippen LogP contribution in [0.15, 0.2) is 42.2 Å². The van der Waals surface area contributed by atoms with Gasteiger partial charge in [0.05, 0.1) is 12.4 Å². The van der Waals surface area contributed by atoms with Gasteiger partial charge in [0, 0.05) is 16.7 Å². The van der Waals surface area contributed by atoms with E-state index in [1.54, 1.807) is 0 Å². The summed E-state index contributed by atoms with van der Waals surface area (Å²) < 4.78 is 6.16. The van der Waals surface area contributed by atoms with Gasteiger partial charge in [-0.05, 0) is 30.4 Å². The molecule has 106 valence electrons. The van der Waals surface area contributed by atoms with Crippen molar-refractivity contribution in [2.45, 2.75) is 44.9 Å². The third-order valence-corrected chi connectivity index (χ3v) is 6.01. The lowest BCUT2D eigenvalue weighted by atomic mass is 9.81. The molecule has 2 aliphatic carbocycles. The van der Waals surface area contributed by atoms with Crippen LogP contribution < -0.4 is 0 Å². The average molecular weight is 268 g/mol. The second kappa shape index (κ2) is 4.13. The van der Waals surface area contributed by atoms with Gasteiger partial charge in [0.15, 0.2) is 0 Å². The number of allylic oxidation sites excluding steroid dienone is 2. The molecule has 0 amide bonds. The Kier molecular flexibility index (Phi) is 2.58. The summed E-state index contributed by atoms with van der Waals surface area (Å²) in [7, 11) is 0. The Morgan fingerprint density at radius 1 is 1.15 bits per heavy atom. The second-order valence-electron chi connectivity index (χ2n) is 7.18. The maximum absolute atomic E-state index is 6.16. The van der Waals surface area contributed by atoms with E-state index in [1.165, 1.54) is 37.0 Å². The number of ether oxygens (including phenoxy) is 1. The average Bonchev–Trinajstić information content (AvgIpc) is 3.12. The smallest absolute Gasteiger partial charge is 0.0954 e. The number of fused-ring (bicyclic) bond motifs is 1. The van der Waals surface area contributed by atoms with E-state index in [9.17, 15) is 0 Å². The first-order chi connectivity index (χ1) is 9.71. The molecule has 1 spiro atoms. The van der Waals surface area contributed by atoms with Crippen LogP contribution >= 0.6 is 0 Å². The summed E-state index contributed by atoms with van der Waals surface area (Å²) in [5.74, 6) is 2.52. The van der Waals surface area contributed by atoms with Gasteiger partial charge in [0.1, 0.15) is 0 Å². The number of hydrogen-bond donors (Lipinski definition) is 0. The minimum absolute atomic E-state index is 0.280. The van der Waals surface area contributed by atoms with Gasteiger partial charge in [0.25, 0.3) is 0 Å². The molecule has 2 saturated carbocycles. The van der Waals surface area contributed by atoms with Crippen LogP contribution in [0.5, 0.6) is 0 Å². The van der Waals surface area contributed by atoms with E-state index in [0.29, 0.717) is 11.3 Å². The maximum atomic E-state index is 6.16. The summed E-state index contributed by atoms with van der Waals surface area (Å²) in [5, 5.41) is 0. The molecule has 0 saturated heterocycles. The Balaban J connectivity index is 1.86. The van der Waals surface area contributed by atoms with Crippen LogP contribution in [0.2, 0.25) is 0 Å². The van der Waals surface area contributed by atoms with Crippen molar-refractivity contribution in [2.75, 3.05) is 6.61 Å². The highest BCUT2D eigenvalue weighted by atomic mass is 16.5. The van der Waals surface area contributed by atoms with Gasteiger partial charge in [-0.1, -0.05) is 57.0 Å². The van der Waals surface area contributed by atoms with Crippen LogP contribution in [0.25, 0.3) is 0 Å². The van der Waals surface area contributed by atoms with Gasteiger partial charge in [-0.3, -0.25) is 0 Å². The van der Waals surface area contributed by atoms with Gasteiger partial charge in [0.2, 0.25) is 0 Å². The highest BCUT2D eigenvalue weighted by Gasteiger charge is 2.77. The van der Waals surface area contributed by atoms with Crippen molar-refractivity contribution in [2.24, 2.45) is 17.3 Å². The minimum atomic E-state index is 0.280. The van der Waals surface area contributed by atoms with Gasteiger partial charge in [-0.2, -0.15) is 0 Å². The van der Waals surface area contributed by atoms with E-state index in [2.05, 4.69) is 50.3 Å². The molecule has 2 fully saturated rings. The lowest BCUT2D eigenvalue weighted by Gasteiger charge is -2.32. The Morgan fingerprint density at radius 2 is 1.95 bits per heavy atom. The largest absolute Gasteiger partial charge is 0.497 e. The molecule has 1 aliphatic heterocycles. The van der Waals surface area contributed by atoms with Crippen LogP contribution in [-0.4, -0.2) is 6.61 Å². The quantitative estimate of drug-likeness (QED) is 0.756. The number of hydrogen-bond acceptors (Lipinski definition) is 1. The third kappa shape index (κ3) is 1.39. The molecule has 1 heterocycles.